The smallest absolute Gasteiger partial charge is 0.0594 e. The third kappa shape index (κ3) is 5.41. The van der Waals surface area contributed by atoms with Gasteiger partial charge in [-0.05, 0) is 25.2 Å². The van der Waals surface area contributed by atoms with Gasteiger partial charge in [0.15, 0.2) is 0 Å². The van der Waals surface area contributed by atoms with Crippen molar-refractivity contribution in [3.05, 3.63) is 0 Å². The van der Waals surface area contributed by atoms with Gasteiger partial charge >= 0.3 is 0 Å². The van der Waals surface area contributed by atoms with E-state index in [0.717, 1.165) is 38.3 Å². The Morgan fingerprint density at radius 2 is 1.79 bits per heavy atom. The van der Waals surface area contributed by atoms with Crippen LogP contribution in [0.1, 0.15) is 52.4 Å². The summed E-state index contributed by atoms with van der Waals surface area (Å²) in [5.74, 6) is 0.779. The monoisotopic (exact) mass is 268 g/mol. The number of hydrogen-bond acceptors (Lipinski definition) is 3. The number of ether oxygens (including phenoxy) is 1. The topological polar surface area (TPSA) is 24.5 Å². The Hall–Kier alpha value is -0.120. The highest BCUT2D eigenvalue weighted by Crippen LogP contribution is 2.18. The highest BCUT2D eigenvalue weighted by atomic mass is 16.5. The Labute approximate surface area is 119 Å². The molecular weight excluding hydrogens is 236 g/mol. The van der Waals surface area contributed by atoms with E-state index in [1.165, 1.54) is 45.1 Å². The minimum atomic E-state index is 0.700. The van der Waals surface area contributed by atoms with Gasteiger partial charge in [-0.2, -0.15) is 0 Å². The second kappa shape index (κ2) is 8.23. The van der Waals surface area contributed by atoms with Crippen molar-refractivity contribution in [2.75, 3.05) is 32.8 Å². The first-order chi connectivity index (χ1) is 9.25. The van der Waals surface area contributed by atoms with Gasteiger partial charge in [-0.25, -0.2) is 0 Å². The molecule has 1 heterocycles. The Morgan fingerprint density at radius 3 is 2.42 bits per heavy atom. The predicted molar refractivity (Wildman–Crippen MR) is 80.5 cm³/mol. The third-order valence-electron chi connectivity index (χ3n) is 4.55. The molecule has 0 radical (unpaired) electrons. The lowest BCUT2D eigenvalue weighted by molar-refractivity contribution is 0.0115. The van der Waals surface area contributed by atoms with Crippen molar-refractivity contribution >= 4 is 0 Å². The molecule has 19 heavy (non-hydrogen) atoms. The van der Waals surface area contributed by atoms with Crippen molar-refractivity contribution in [1.29, 1.82) is 0 Å². The number of nitrogens with one attached hydrogen (secondary N) is 1. The minimum Gasteiger partial charge on any atom is -0.379 e. The molecule has 0 spiro atoms. The SMILES string of the molecule is CC(C)CC(CNC1CCCCC1)N1CCOCC1. The lowest BCUT2D eigenvalue weighted by Gasteiger charge is -2.37. The van der Waals surface area contributed by atoms with Crippen molar-refractivity contribution in [3.8, 4) is 0 Å². The number of morpholine rings is 1. The van der Waals surface area contributed by atoms with Crippen molar-refractivity contribution < 1.29 is 4.74 Å². The molecule has 0 amide bonds. The van der Waals surface area contributed by atoms with Crippen LogP contribution >= 0.6 is 0 Å². The van der Waals surface area contributed by atoms with Gasteiger partial charge < -0.3 is 10.1 Å². The van der Waals surface area contributed by atoms with Gasteiger partial charge in [0.05, 0.1) is 13.2 Å². The summed E-state index contributed by atoms with van der Waals surface area (Å²) in [6, 6.07) is 1.48. The molecule has 3 nitrogen and oxygen atoms in total. The predicted octanol–water partition coefficient (Wildman–Crippen LogP) is 2.66. The van der Waals surface area contributed by atoms with E-state index >= 15 is 0 Å². The van der Waals surface area contributed by atoms with Gasteiger partial charge in [0, 0.05) is 31.7 Å². The van der Waals surface area contributed by atoms with E-state index in [1.54, 1.807) is 0 Å². The molecule has 0 aromatic rings. The summed E-state index contributed by atoms with van der Waals surface area (Å²) in [7, 11) is 0. The van der Waals surface area contributed by atoms with E-state index in [2.05, 4.69) is 24.1 Å². The quantitative estimate of drug-likeness (QED) is 0.801. The van der Waals surface area contributed by atoms with E-state index in [0.29, 0.717) is 6.04 Å². The zero-order valence-electron chi connectivity index (χ0n) is 12.9. The Bertz CT molecular complexity index is 233. The molecule has 2 aliphatic rings. The summed E-state index contributed by atoms with van der Waals surface area (Å²) < 4.78 is 5.49. The van der Waals surface area contributed by atoms with Crippen molar-refractivity contribution in [1.82, 2.24) is 10.2 Å². The Morgan fingerprint density at radius 1 is 1.11 bits per heavy atom. The molecule has 1 atom stereocenters. The number of rotatable bonds is 6. The lowest BCUT2D eigenvalue weighted by atomic mass is 9.94. The fraction of sp³-hybridized carbons (Fsp3) is 1.00. The molecule has 3 heteroatoms. The van der Waals surface area contributed by atoms with Crippen LogP contribution in [0.4, 0.5) is 0 Å². The van der Waals surface area contributed by atoms with Gasteiger partial charge in [0.25, 0.3) is 0 Å². The second-order valence-electron chi connectivity index (χ2n) is 6.67. The third-order valence-corrected chi connectivity index (χ3v) is 4.55. The van der Waals surface area contributed by atoms with Crippen LogP contribution in [-0.4, -0.2) is 49.8 Å². The summed E-state index contributed by atoms with van der Waals surface area (Å²) >= 11 is 0. The van der Waals surface area contributed by atoms with Crippen molar-refractivity contribution in [2.24, 2.45) is 5.92 Å². The second-order valence-corrected chi connectivity index (χ2v) is 6.67. The lowest BCUT2D eigenvalue weighted by Crippen LogP contribution is -2.50. The number of hydrogen-bond donors (Lipinski definition) is 1. The Kier molecular flexibility index (Phi) is 6.62. The molecule has 2 fully saturated rings. The Balaban J connectivity index is 1.78. The van der Waals surface area contributed by atoms with Crippen molar-refractivity contribution in [3.63, 3.8) is 0 Å². The molecule has 1 unspecified atom stereocenters. The van der Waals surface area contributed by atoms with Crippen LogP contribution in [0.15, 0.2) is 0 Å². The van der Waals surface area contributed by atoms with E-state index in [9.17, 15) is 0 Å². The van der Waals surface area contributed by atoms with Crippen LogP contribution in [0.25, 0.3) is 0 Å². The minimum absolute atomic E-state index is 0.700. The van der Waals surface area contributed by atoms with E-state index in [1.807, 2.05) is 0 Å². The average molecular weight is 268 g/mol. The van der Waals surface area contributed by atoms with Crippen LogP contribution in [0.5, 0.6) is 0 Å². The fourth-order valence-electron chi connectivity index (χ4n) is 3.46. The first kappa shape index (κ1) is 15.3. The van der Waals surface area contributed by atoms with Gasteiger partial charge in [0.2, 0.25) is 0 Å². The first-order valence-electron chi connectivity index (χ1n) is 8.31. The summed E-state index contributed by atoms with van der Waals surface area (Å²) in [6.07, 6.45) is 8.36. The molecule has 0 aromatic heterocycles. The van der Waals surface area contributed by atoms with E-state index in [4.69, 9.17) is 4.74 Å². The molecule has 1 aliphatic heterocycles. The van der Waals surface area contributed by atoms with E-state index in [-0.39, 0.29) is 0 Å². The highest BCUT2D eigenvalue weighted by molar-refractivity contribution is 4.80. The summed E-state index contributed by atoms with van der Waals surface area (Å²) in [5.41, 5.74) is 0. The summed E-state index contributed by atoms with van der Waals surface area (Å²) in [4.78, 5) is 2.64. The van der Waals surface area contributed by atoms with Crippen LogP contribution in [0.2, 0.25) is 0 Å². The van der Waals surface area contributed by atoms with Gasteiger partial charge in [-0.1, -0.05) is 33.1 Å². The van der Waals surface area contributed by atoms with Crippen LogP contribution < -0.4 is 5.32 Å². The molecular formula is C16H32N2O. The fourth-order valence-corrected chi connectivity index (χ4v) is 3.46. The zero-order valence-corrected chi connectivity index (χ0v) is 12.9. The van der Waals surface area contributed by atoms with Gasteiger partial charge in [-0.15, -0.1) is 0 Å². The van der Waals surface area contributed by atoms with Gasteiger partial charge in [-0.3, -0.25) is 4.90 Å². The zero-order chi connectivity index (χ0) is 13.5. The summed E-state index contributed by atoms with van der Waals surface area (Å²) in [6.45, 7) is 9.91. The molecule has 1 saturated heterocycles. The first-order valence-corrected chi connectivity index (χ1v) is 8.31. The highest BCUT2D eigenvalue weighted by Gasteiger charge is 2.23. The van der Waals surface area contributed by atoms with Crippen molar-refractivity contribution in [2.45, 2.75) is 64.5 Å². The largest absolute Gasteiger partial charge is 0.379 e. The normalized spacial score (nSPS) is 24.8. The molecule has 112 valence electrons. The van der Waals surface area contributed by atoms with Crippen LogP contribution in [0.3, 0.4) is 0 Å². The van der Waals surface area contributed by atoms with Gasteiger partial charge in [0.1, 0.15) is 0 Å². The number of nitrogens with zero attached hydrogens (tertiary/aromatic N) is 1. The maximum atomic E-state index is 5.49. The summed E-state index contributed by atoms with van der Waals surface area (Å²) in [5, 5.41) is 3.84. The maximum Gasteiger partial charge on any atom is 0.0594 e. The standard InChI is InChI=1S/C16H32N2O/c1-14(2)12-16(18-8-10-19-11-9-18)13-17-15-6-4-3-5-7-15/h14-17H,3-13H2,1-2H3. The average Bonchev–Trinajstić information content (AvgIpc) is 2.45. The molecule has 1 saturated carbocycles. The van der Waals surface area contributed by atoms with E-state index < -0.39 is 0 Å². The molecule has 2 rings (SSSR count). The molecule has 1 aliphatic carbocycles. The molecule has 1 N–H and O–H groups in total. The molecule has 0 bridgehead atoms. The maximum absolute atomic E-state index is 5.49. The van der Waals surface area contributed by atoms with Crippen LogP contribution in [-0.2, 0) is 4.74 Å². The van der Waals surface area contributed by atoms with Crippen LogP contribution in [0, 0.1) is 5.92 Å². The molecule has 0 aromatic carbocycles.